The van der Waals surface area contributed by atoms with Crippen molar-refractivity contribution in [3.8, 4) is 0 Å². The molecule has 0 unspecified atom stereocenters. The average Bonchev–Trinajstić information content (AvgIpc) is 2.45. The third kappa shape index (κ3) is 3.17. The lowest BCUT2D eigenvalue weighted by molar-refractivity contribution is -0.126. The molecule has 0 saturated heterocycles. The molecule has 1 N–H and O–H groups in total. The fraction of sp³-hybridized carbons (Fsp3) is 0.333. The molecule has 0 atom stereocenters. The van der Waals surface area contributed by atoms with E-state index < -0.39 is 5.72 Å². The van der Waals surface area contributed by atoms with E-state index in [1.54, 1.807) is 13.8 Å². The summed E-state index contributed by atoms with van der Waals surface area (Å²) >= 11 is 0. The summed E-state index contributed by atoms with van der Waals surface area (Å²) in [4.78, 5) is 23.9. The Morgan fingerprint density at radius 2 is 1.64 bits per heavy atom. The van der Waals surface area contributed by atoms with E-state index in [0.717, 1.165) is 11.1 Å². The van der Waals surface area contributed by atoms with Gasteiger partial charge in [-0.25, -0.2) is 0 Å². The van der Waals surface area contributed by atoms with Crippen molar-refractivity contribution >= 4 is 11.7 Å². The minimum Gasteiger partial charge on any atom is -0.351 e. The number of rotatable bonds is 4. The Labute approximate surface area is 130 Å². The molecule has 0 spiro atoms. The van der Waals surface area contributed by atoms with Gasteiger partial charge in [-0.15, -0.1) is 0 Å². The molecule has 22 heavy (non-hydrogen) atoms. The first-order chi connectivity index (χ1) is 10.4. The molecule has 0 aromatic heterocycles. The van der Waals surface area contributed by atoms with Gasteiger partial charge in [0.25, 0.3) is 0 Å². The van der Waals surface area contributed by atoms with Crippen molar-refractivity contribution in [1.82, 2.24) is 5.32 Å². The molecule has 0 radical (unpaired) electrons. The van der Waals surface area contributed by atoms with Crippen LogP contribution >= 0.6 is 0 Å². The predicted molar refractivity (Wildman–Crippen MR) is 85.3 cm³/mol. The first-order valence-corrected chi connectivity index (χ1v) is 7.20. The van der Waals surface area contributed by atoms with Crippen LogP contribution in [-0.2, 0) is 20.7 Å². The summed E-state index contributed by atoms with van der Waals surface area (Å²) in [6.45, 7) is 5.57. The van der Waals surface area contributed by atoms with Crippen molar-refractivity contribution in [2.75, 3.05) is 7.11 Å². The molecule has 1 amide bonds. The normalized spacial score (nSPS) is 16.8. The van der Waals surface area contributed by atoms with E-state index in [4.69, 9.17) is 4.74 Å². The first kappa shape index (κ1) is 16.2. The van der Waals surface area contributed by atoms with E-state index in [9.17, 15) is 9.59 Å². The second-order valence-corrected chi connectivity index (χ2v) is 5.65. The standard InChI is InChI=1S/C18H21NO3/c1-12-5-7-15(8-6-12)11-17(21)19-18(22-4)13(2)9-16(20)10-14(18)3/h5-10H,11H2,1-4H3,(H,19,21). The van der Waals surface area contributed by atoms with Gasteiger partial charge in [0.2, 0.25) is 5.91 Å². The van der Waals surface area contributed by atoms with Crippen LogP contribution in [0.15, 0.2) is 47.6 Å². The number of hydrogen-bond acceptors (Lipinski definition) is 3. The predicted octanol–water partition coefficient (Wildman–Crippen LogP) is 2.47. The maximum atomic E-state index is 12.4. The van der Waals surface area contributed by atoms with Gasteiger partial charge in [-0.2, -0.15) is 0 Å². The van der Waals surface area contributed by atoms with Crippen LogP contribution in [0.2, 0.25) is 0 Å². The number of ketones is 1. The lowest BCUT2D eigenvalue weighted by Gasteiger charge is -2.37. The Bertz CT molecular complexity index is 631. The molecule has 1 aromatic rings. The summed E-state index contributed by atoms with van der Waals surface area (Å²) in [7, 11) is 1.52. The van der Waals surface area contributed by atoms with Crippen LogP contribution in [-0.4, -0.2) is 24.5 Å². The van der Waals surface area contributed by atoms with Gasteiger partial charge in [0, 0.05) is 7.11 Å². The lowest BCUT2D eigenvalue weighted by Crippen LogP contribution is -2.53. The minimum absolute atomic E-state index is 0.0875. The van der Waals surface area contributed by atoms with Gasteiger partial charge in [0.1, 0.15) is 0 Å². The van der Waals surface area contributed by atoms with Gasteiger partial charge in [-0.05, 0) is 49.6 Å². The van der Waals surface area contributed by atoms with E-state index in [2.05, 4.69) is 5.32 Å². The molecule has 1 aliphatic rings. The summed E-state index contributed by atoms with van der Waals surface area (Å²) < 4.78 is 5.56. The highest BCUT2D eigenvalue weighted by Crippen LogP contribution is 2.30. The minimum atomic E-state index is -1.03. The zero-order valence-corrected chi connectivity index (χ0v) is 13.4. The summed E-state index contributed by atoms with van der Waals surface area (Å²) in [6, 6.07) is 7.82. The Balaban J connectivity index is 2.18. The van der Waals surface area contributed by atoms with Crippen molar-refractivity contribution in [2.24, 2.45) is 0 Å². The van der Waals surface area contributed by atoms with Gasteiger partial charge in [-0.1, -0.05) is 29.8 Å². The van der Waals surface area contributed by atoms with Crippen LogP contribution in [0.1, 0.15) is 25.0 Å². The fourth-order valence-electron chi connectivity index (χ4n) is 2.68. The molecule has 0 aliphatic heterocycles. The smallest absolute Gasteiger partial charge is 0.227 e. The molecule has 116 valence electrons. The maximum absolute atomic E-state index is 12.4. The Kier molecular flexibility index (Phi) is 4.62. The van der Waals surface area contributed by atoms with Gasteiger partial charge in [0.05, 0.1) is 6.42 Å². The third-order valence-corrected chi connectivity index (χ3v) is 3.94. The molecule has 0 saturated carbocycles. The van der Waals surface area contributed by atoms with E-state index in [-0.39, 0.29) is 18.1 Å². The van der Waals surface area contributed by atoms with E-state index in [0.29, 0.717) is 11.1 Å². The second kappa shape index (κ2) is 6.28. The number of allylic oxidation sites excluding steroid dienone is 2. The van der Waals surface area contributed by atoms with E-state index in [1.807, 2.05) is 31.2 Å². The Morgan fingerprint density at radius 3 is 2.14 bits per heavy atom. The molecule has 0 bridgehead atoms. The van der Waals surface area contributed by atoms with E-state index >= 15 is 0 Å². The number of aryl methyl sites for hydroxylation is 1. The van der Waals surface area contributed by atoms with Crippen LogP contribution in [0.3, 0.4) is 0 Å². The van der Waals surface area contributed by atoms with Crippen LogP contribution in [0, 0.1) is 6.92 Å². The number of carbonyl (C=O) groups is 2. The van der Waals surface area contributed by atoms with Crippen molar-refractivity contribution < 1.29 is 14.3 Å². The van der Waals surface area contributed by atoms with Crippen LogP contribution in [0.5, 0.6) is 0 Å². The molecule has 4 nitrogen and oxygen atoms in total. The first-order valence-electron chi connectivity index (χ1n) is 7.20. The lowest BCUT2D eigenvalue weighted by atomic mass is 9.89. The number of benzene rings is 1. The largest absolute Gasteiger partial charge is 0.351 e. The SMILES string of the molecule is COC1(NC(=O)Cc2ccc(C)cc2)C(C)=CC(=O)C=C1C. The topological polar surface area (TPSA) is 55.4 Å². The zero-order valence-electron chi connectivity index (χ0n) is 13.4. The molecule has 0 fully saturated rings. The molecule has 2 rings (SSSR count). The Hall–Kier alpha value is -2.20. The highest BCUT2D eigenvalue weighted by Gasteiger charge is 2.38. The zero-order chi connectivity index (χ0) is 16.3. The number of carbonyl (C=O) groups excluding carboxylic acids is 2. The van der Waals surface area contributed by atoms with Crippen LogP contribution in [0.25, 0.3) is 0 Å². The van der Waals surface area contributed by atoms with Crippen molar-refractivity contribution in [3.05, 3.63) is 58.7 Å². The number of nitrogens with one attached hydrogen (secondary N) is 1. The number of hydrogen-bond donors (Lipinski definition) is 1. The quantitative estimate of drug-likeness (QED) is 0.869. The number of methoxy groups -OCH3 is 1. The average molecular weight is 299 g/mol. The highest BCUT2D eigenvalue weighted by atomic mass is 16.5. The fourth-order valence-corrected chi connectivity index (χ4v) is 2.68. The summed E-state index contributed by atoms with van der Waals surface area (Å²) in [5.74, 6) is -0.240. The van der Waals surface area contributed by atoms with Crippen molar-refractivity contribution in [3.63, 3.8) is 0 Å². The molecular weight excluding hydrogens is 278 g/mol. The summed E-state index contributed by atoms with van der Waals surface area (Å²) in [5, 5.41) is 2.92. The molecule has 1 aliphatic carbocycles. The van der Waals surface area contributed by atoms with E-state index in [1.165, 1.54) is 19.3 Å². The van der Waals surface area contributed by atoms with Gasteiger partial charge >= 0.3 is 0 Å². The molecule has 4 heteroatoms. The van der Waals surface area contributed by atoms with Crippen molar-refractivity contribution in [1.29, 1.82) is 0 Å². The van der Waals surface area contributed by atoms with Crippen LogP contribution in [0.4, 0.5) is 0 Å². The van der Waals surface area contributed by atoms with Crippen LogP contribution < -0.4 is 5.32 Å². The number of ether oxygens (including phenoxy) is 1. The van der Waals surface area contributed by atoms with Gasteiger partial charge in [-0.3, -0.25) is 9.59 Å². The Morgan fingerprint density at radius 1 is 1.09 bits per heavy atom. The second-order valence-electron chi connectivity index (χ2n) is 5.65. The summed E-state index contributed by atoms with van der Waals surface area (Å²) in [5.41, 5.74) is 2.41. The maximum Gasteiger partial charge on any atom is 0.227 e. The van der Waals surface area contributed by atoms with Gasteiger partial charge < -0.3 is 10.1 Å². The third-order valence-electron chi connectivity index (χ3n) is 3.94. The van der Waals surface area contributed by atoms with Crippen molar-refractivity contribution in [2.45, 2.75) is 32.9 Å². The molecule has 1 aromatic carbocycles. The monoisotopic (exact) mass is 299 g/mol. The molecule has 0 heterocycles. The number of amides is 1. The highest BCUT2D eigenvalue weighted by molar-refractivity contribution is 6.02. The summed E-state index contributed by atoms with van der Waals surface area (Å²) in [6.07, 6.45) is 3.24. The van der Waals surface area contributed by atoms with Gasteiger partial charge in [0.15, 0.2) is 11.5 Å². The molecular formula is C18H21NO3.